The molecule has 0 heterocycles. The van der Waals surface area contributed by atoms with E-state index in [1.165, 1.54) is 0 Å². The zero-order valence-electron chi connectivity index (χ0n) is 28.0. The van der Waals surface area contributed by atoms with Gasteiger partial charge in [-0.1, -0.05) is 0 Å². The fourth-order valence-electron chi connectivity index (χ4n) is 5.76. The van der Waals surface area contributed by atoms with Crippen molar-refractivity contribution in [3.63, 3.8) is 0 Å². The van der Waals surface area contributed by atoms with Crippen molar-refractivity contribution in [2.45, 2.75) is 153 Å². The molecule has 0 fully saturated rings. The van der Waals surface area contributed by atoms with Crippen molar-refractivity contribution >= 4 is 202 Å². The third-order valence-electron chi connectivity index (χ3n) is 8.97. The minimum atomic E-state index is 0.133. The Kier molecular flexibility index (Phi) is 36.3. The monoisotopic (exact) mass is 962 g/mol. The van der Waals surface area contributed by atoms with Crippen molar-refractivity contribution in [1.82, 2.24) is 0 Å². The van der Waals surface area contributed by atoms with Crippen LogP contribution in [0.1, 0.15) is 89.9 Å². The number of hydrogen-bond donors (Lipinski definition) is 16. The second-order valence-corrected chi connectivity index (χ2v) is 23.3. The average molecular weight is 964 g/mol. The zero-order chi connectivity index (χ0) is 36.8. The van der Waals surface area contributed by atoms with Gasteiger partial charge in [0.25, 0.3) is 0 Å². The van der Waals surface area contributed by atoms with Crippen LogP contribution in [0.4, 0.5) is 0 Å². The van der Waals surface area contributed by atoms with E-state index in [1.54, 1.807) is 0 Å². The maximum atomic E-state index is 5.06. The van der Waals surface area contributed by atoms with Gasteiger partial charge in [0.05, 0.1) is 0 Å². The quantitative estimate of drug-likeness (QED) is 0.0299. The van der Waals surface area contributed by atoms with Crippen molar-refractivity contribution in [3.8, 4) is 0 Å². The fourth-order valence-corrected chi connectivity index (χ4v) is 12.3. The van der Waals surface area contributed by atoms with Gasteiger partial charge in [-0.05, 0) is 119 Å². The normalized spacial score (nSPS) is 21.2. The van der Waals surface area contributed by atoms with E-state index < -0.39 is 0 Å². The summed E-state index contributed by atoms with van der Waals surface area (Å²) in [4.78, 5) is 0. The molecule has 0 N–H and O–H groups in total. The summed E-state index contributed by atoms with van der Waals surface area (Å²) >= 11 is 76.4. The molecule has 0 aliphatic heterocycles. The first-order valence-corrected chi connectivity index (χ1v) is 25.9. The molecule has 0 rings (SSSR count). The Balaban J connectivity index is 4.51. The van der Waals surface area contributed by atoms with Crippen LogP contribution in [-0.4, -0.2) is 86.0 Å². The maximum absolute atomic E-state index is 5.06. The van der Waals surface area contributed by atoms with E-state index in [-0.39, 0.29) is 47.2 Å². The molecule has 0 bridgehead atoms. The molecule has 0 aromatic rings. The Morgan fingerprint density at radius 1 is 0.271 bits per heavy atom. The van der Waals surface area contributed by atoms with Gasteiger partial charge in [-0.25, -0.2) is 0 Å². The highest BCUT2D eigenvalue weighted by atomic mass is 32.1. The Hall–Kier alpha value is 5.60. The van der Waals surface area contributed by atoms with Crippen LogP contribution in [0.15, 0.2) is 0 Å². The van der Waals surface area contributed by atoms with Gasteiger partial charge in [0.15, 0.2) is 0 Å². The first-order valence-electron chi connectivity index (χ1n) is 17.2. The van der Waals surface area contributed by atoms with Gasteiger partial charge in [0, 0.05) is 68.8 Å². The number of hydrogen-bond acceptors (Lipinski definition) is 16. The minimum absolute atomic E-state index is 0.133. The number of thiol groups is 16. The van der Waals surface area contributed by atoms with Crippen LogP contribution in [0.2, 0.25) is 0 Å². The minimum Gasteiger partial charge on any atom is -0.179 e. The van der Waals surface area contributed by atoms with E-state index in [9.17, 15) is 0 Å². The molecule has 0 aliphatic carbocycles. The highest BCUT2D eigenvalue weighted by Gasteiger charge is 2.30. The van der Waals surface area contributed by atoms with Crippen LogP contribution in [0, 0.1) is 11.8 Å². The molecule has 0 saturated heterocycles. The standard InChI is InChI=1S/C32H66S16/c33-10-9-23(39)2-1-21(37)5-7-28(44)29(45)8-6-22(38)3-4-24(40)14-30(46)31(47)15-26(42)12-20(17-35)32(48)19(16-34)11-25(41)13-27(43)18-36/h19-48H,1-18H2. The second kappa shape index (κ2) is 32.5. The third kappa shape index (κ3) is 26.5. The van der Waals surface area contributed by atoms with Crippen molar-refractivity contribution < 1.29 is 0 Å². The van der Waals surface area contributed by atoms with Gasteiger partial charge in [0.2, 0.25) is 0 Å². The highest BCUT2D eigenvalue weighted by molar-refractivity contribution is 7.86. The molecule has 14 atom stereocenters. The van der Waals surface area contributed by atoms with Gasteiger partial charge < -0.3 is 0 Å². The summed E-state index contributed by atoms with van der Waals surface area (Å²) in [6, 6.07) is 0. The Labute approximate surface area is 385 Å². The van der Waals surface area contributed by atoms with E-state index in [4.69, 9.17) is 139 Å². The van der Waals surface area contributed by atoms with E-state index in [2.05, 4.69) is 63.1 Å². The lowest BCUT2D eigenvalue weighted by Gasteiger charge is -2.33. The molecular formula is C32H66S16. The number of rotatable bonds is 31. The summed E-state index contributed by atoms with van der Waals surface area (Å²) in [6.07, 6.45) is 13.9. The summed E-state index contributed by atoms with van der Waals surface area (Å²) in [5.74, 6) is 3.83. The maximum Gasteiger partial charge on any atom is 0.0144 e. The molecule has 0 spiro atoms. The molecule has 16 heteroatoms. The van der Waals surface area contributed by atoms with E-state index in [0.717, 1.165) is 113 Å². The van der Waals surface area contributed by atoms with Crippen LogP contribution in [0.3, 0.4) is 0 Å². The van der Waals surface area contributed by atoms with Gasteiger partial charge in [0.1, 0.15) is 0 Å². The van der Waals surface area contributed by atoms with Crippen LogP contribution in [0.25, 0.3) is 0 Å². The SMILES string of the molecule is SCCC(S)CCC(S)CCC(S)C(S)CCC(S)CCC(S)CC(S)C(S)CC(S)CC(CS)C(S)C(CS)CC(S)CC(S)CS. The van der Waals surface area contributed by atoms with Crippen molar-refractivity contribution in [2.24, 2.45) is 11.8 Å². The lowest BCUT2D eigenvalue weighted by atomic mass is 9.88. The van der Waals surface area contributed by atoms with Crippen LogP contribution in [-0.2, 0) is 0 Å². The average Bonchev–Trinajstić information content (AvgIpc) is 3.04. The molecule has 0 saturated carbocycles. The van der Waals surface area contributed by atoms with Crippen molar-refractivity contribution in [2.75, 3.05) is 23.0 Å². The summed E-state index contributed by atoms with van der Waals surface area (Å²) in [7, 11) is 0. The van der Waals surface area contributed by atoms with Crippen LogP contribution in [0.5, 0.6) is 0 Å². The Morgan fingerprint density at radius 3 is 1.02 bits per heavy atom. The molecule has 0 aliphatic rings. The van der Waals surface area contributed by atoms with Gasteiger partial charge >= 0.3 is 0 Å². The predicted molar refractivity (Wildman–Crippen MR) is 280 cm³/mol. The summed E-state index contributed by atoms with van der Waals surface area (Å²) in [5, 5.41) is 3.06. The fraction of sp³-hybridized carbons (Fsp3) is 1.00. The molecule has 0 aromatic heterocycles. The Bertz CT molecular complexity index is 753. The molecule has 0 radical (unpaired) electrons. The summed E-state index contributed by atoms with van der Waals surface area (Å²) in [5.41, 5.74) is 0. The van der Waals surface area contributed by atoms with Crippen molar-refractivity contribution in [3.05, 3.63) is 0 Å². The van der Waals surface area contributed by atoms with Crippen molar-refractivity contribution in [1.29, 1.82) is 0 Å². The largest absolute Gasteiger partial charge is 0.179 e. The zero-order valence-corrected chi connectivity index (χ0v) is 42.3. The predicted octanol–water partition coefficient (Wildman–Crippen LogP) is 11.0. The highest BCUT2D eigenvalue weighted by Crippen LogP contribution is 2.34. The smallest absolute Gasteiger partial charge is 0.0144 e. The summed E-state index contributed by atoms with van der Waals surface area (Å²) < 4.78 is 0. The van der Waals surface area contributed by atoms with Gasteiger partial charge in [-0.2, -0.15) is 202 Å². The first kappa shape index (κ1) is 53.6. The Morgan fingerprint density at radius 2 is 0.625 bits per heavy atom. The van der Waals surface area contributed by atoms with E-state index in [0.29, 0.717) is 27.6 Å². The lowest BCUT2D eigenvalue weighted by molar-refractivity contribution is 0.392. The molecule has 0 amide bonds. The molecule has 0 aromatic carbocycles. The van der Waals surface area contributed by atoms with Gasteiger partial charge in [-0.3, -0.25) is 0 Å². The summed E-state index contributed by atoms with van der Waals surface area (Å²) in [6.45, 7) is 0. The third-order valence-corrected chi connectivity index (χ3v) is 17.8. The molecule has 48 heavy (non-hydrogen) atoms. The van der Waals surface area contributed by atoms with Crippen LogP contribution < -0.4 is 0 Å². The molecule has 14 unspecified atom stereocenters. The van der Waals surface area contributed by atoms with E-state index >= 15 is 0 Å². The first-order chi connectivity index (χ1) is 22.6. The molecule has 0 nitrogen and oxygen atoms in total. The topological polar surface area (TPSA) is 0 Å². The molecule has 290 valence electrons. The van der Waals surface area contributed by atoms with Gasteiger partial charge in [-0.15, -0.1) is 0 Å². The lowest BCUT2D eigenvalue weighted by Crippen LogP contribution is -2.32. The second-order valence-electron chi connectivity index (χ2n) is 13.4. The molecular weight excluding hydrogens is 897 g/mol. The van der Waals surface area contributed by atoms with Crippen LogP contribution >= 0.6 is 202 Å². The van der Waals surface area contributed by atoms with E-state index in [1.807, 2.05) is 0 Å².